The number of carbonyl (C=O) groups is 2. The van der Waals surface area contributed by atoms with Gasteiger partial charge in [0.2, 0.25) is 11.6 Å². The van der Waals surface area contributed by atoms with Crippen molar-refractivity contribution in [3.05, 3.63) is 165 Å². The molecule has 0 radical (unpaired) electrons. The first-order chi connectivity index (χ1) is 34.8. The van der Waals surface area contributed by atoms with Gasteiger partial charge in [0.25, 0.3) is 0 Å². The van der Waals surface area contributed by atoms with E-state index in [1.807, 2.05) is 54.6 Å². The Bertz CT molecular complexity index is 3220. The fourth-order valence-corrected chi connectivity index (χ4v) is 11.8. The van der Waals surface area contributed by atoms with Gasteiger partial charge in [-0.25, -0.2) is 8.78 Å². The standard InChI is InChI=1S/2C29H27F2NO3S/c1-18-13-21(31)5-9-24(18)28(34)29-27(25-10-6-22(33)14-26(25)36-29)20-3-7-23(8-4-20)35-12-2-11-32-16-19(15-30)17-32;1-18-3-6-21(31)13-25(18)28(34)29-27(24-10-7-22(33)14-26(24)36-29)20-4-8-23(9-5-20)35-12-2-11-32-16-19(15-30)17-32/h2*3-10,13-14,19,33H,2,11-12,15-17H2,1H3. The van der Waals surface area contributed by atoms with E-state index in [4.69, 9.17) is 9.47 Å². The molecule has 8 aromatic rings. The van der Waals surface area contributed by atoms with Gasteiger partial charge >= 0.3 is 0 Å². The number of aromatic hydroxyl groups is 2. The molecule has 2 saturated heterocycles. The Morgan fingerprint density at radius 1 is 0.556 bits per heavy atom. The zero-order valence-corrected chi connectivity index (χ0v) is 41.6. The van der Waals surface area contributed by atoms with Crippen molar-refractivity contribution in [1.82, 2.24) is 9.80 Å². The van der Waals surface area contributed by atoms with E-state index in [0.29, 0.717) is 45.2 Å². The summed E-state index contributed by atoms with van der Waals surface area (Å²) in [7, 11) is 0. The van der Waals surface area contributed by atoms with Crippen LogP contribution in [0.5, 0.6) is 23.0 Å². The lowest BCUT2D eigenvalue weighted by molar-refractivity contribution is 0.0755. The number of aryl methyl sites for hydroxylation is 2. The molecule has 0 aliphatic carbocycles. The number of alkyl halides is 2. The lowest BCUT2D eigenvalue weighted by Crippen LogP contribution is -2.48. The summed E-state index contributed by atoms with van der Waals surface area (Å²) in [5.74, 6) is 0.855. The van der Waals surface area contributed by atoms with Gasteiger partial charge in [0.1, 0.15) is 34.6 Å². The SMILES string of the molecule is Cc1cc(F)ccc1C(=O)c1sc2cc(O)ccc2c1-c1ccc(OCCCN2CC(CF)C2)cc1.Cc1ccc(F)cc1C(=O)c1sc2cc(O)ccc2c1-c1ccc(OCCCN2CC(CF)C2)cc1. The lowest BCUT2D eigenvalue weighted by Gasteiger charge is -2.37. The number of phenolic OH excluding ortho intramolecular Hbond substituents is 2. The van der Waals surface area contributed by atoms with E-state index in [-0.39, 0.29) is 54.1 Å². The topological polar surface area (TPSA) is 99.5 Å². The first-order valence-corrected chi connectivity index (χ1v) is 25.6. The molecule has 4 heterocycles. The zero-order valence-electron chi connectivity index (χ0n) is 39.9. The molecule has 372 valence electrons. The largest absolute Gasteiger partial charge is 0.508 e. The van der Waals surface area contributed by atoms with Crippen LogP contribution in [-0.4, -0.2) is 97.4 Å². The van der Waals surface area contributed by atoms with Crippen LogP contribution in [0, 0.1) is 37.3 Å². The maximum absolute atomic E-state index is 14.0. The van der Waals surface area contributed by atoms with E-state index in [0.717, 1.165) is 106 Å². The molecule has 14 heteroatoms. The molecule has 0 spiro atoms. The first-order valence-electron chi connectivity index (χ1n) is 24.0. The van der Waals surface area contributed by atoms with Crippen LogP contribution in [0.3, 0.4) is 0 Å². The Morgan fingerprint density at radius 2 is 1.00 bits per heavy atom. The third kappa shape index (κ3) is 11.4. The van der Waals surface area contributed by atoms with Crippen molar-refractivity contribution < 1.29 is 46.8 Å². The van der Waals surface area contributed by atoms with Crippen LogP contribution in [-0.2, 0) is 0 Å². The summed E-state index contributed by atoms with van der Waals surface area (Å²) in [4.78, 5) is 32.6. The maximum atomic E-state index is 14.0. The third-order valence-corrected chi connectivity index (χ3v) is 15.5. The highest BCUT2D eigenvalue weighted by Gasteiger charge is 2.28. The van der Waals surface area contributed by atoms with E-state index in [1.54, 1.807) is 50.2 Å². The normalized spacial score (nSPS) is 14.2. The number of ether oxygens (including phenoxy) is 2. The number of phenols is 2. The van der Waals surface area contributed by atoms with Crippen molar-refractivity contribution in [2.75, 3.05) is 65.8 Å². The fraction of sp³-hybridized carbons (Fsp3) is 0.276. The Kier molecular flexibility index (Phi) is 15.7. The van der Waals surface area contributed by atoms with Crippen molar-refractivity contribution in [3.63, 3.8) is 0 Å². The number of benzene rings is 6. The average molecular weight is 1020 g/mol. The smallest absolute Gasteiger partial charge is 0.203 e. The van der Waals surface area contributed by atoms with Crippen molar-refractivity contribution >= 4 is 54.4 Å². The van der Waals surface area contributed by atoms with Gasteiger partial charge in [0.05, 0.1) is 36.3 Å². The van der Waals surface area contributed by atoms with Gasteiger partial charge in [0, 0.05) is 93.5 Å². The second kappa shape index (κ2) is 22.5. The molecule has 2 aliphatic rings. The van der Waals surface area contributed by atoms with Gasteiger partial charge < -0.3 is 29.5 Å². The number of thiophene rings is 2. The summed E-state index contributed by atoms with van der Waals surface area (Å²) in [5.41, 5.74) is 5.31. The number of halogens is 4. The highest BCUT2D eigenvalue weighted by Crippen LogP contribution is 2.44. The Labute approximate surface area is 423 Å². The fourth-order valence-electron chi connectivity index (χ4n) is 9.33. The predicted molar refractivity (Wildman–Crippen MR) is 279 cm³/mol. The van der Waals surface area contributed by atoms with Crippen LogP contribution in [0.2, 0.25) is 0 Å². The first kappa shape index (κ1) is 50.4. The number of likely N-dealkylation sites (tertiary alicyclic amines) is 2. The molecule has 2 fully saturated rings. The molecule has 2 aliphatic heterocycles. The summed E-state index contributed by atoms with van der Waals surface area (Å²) in [6.07, 6.45) is 1.74. The van der Waals surface area contributed by atoms with E-state index in [1.165, 1.54) is 53.0 Å². The molecule has 0 saturated carbocycles. The van der Waals surface area contributed by atoms with Crippen molar-refractivity contribution in [2.24, 2.45) is 11.8 Å². The van der Waals surface area contributed by atoms with Crippen molar-refractivity contribution in [3.8, 4) is 45.3 Å². The summed E-state index contributed by atoms with van der Waals surface area (Å²) in [6, 6.07) is 33.8. The van der Waals surface area contributed by atoms with Crippen molar-refractivity contribution in [2.45, 2.75) is 26.7 Å². The van der Waals surface area contributed by atoms with Gasteiger partial charge in [-0.2, -0.15) is 0 Å². The quantitative estimate of drug-likeness (QED) is 0.0498. The molecule has 0 unspecified atom stereocenters. The molecule has 6 aromatic carbocycles. The van der Waals surface area contributed by atoms with E-state index < -0.39 is 5.82 Å². The number of nitrogens with zero attached hydrogens (tertiary/aromatic N) is 2. The molecular weight excluding hydrogens is 961 g/mol. The van der Waals surface area contributed by atoms with Crippen LogP contribution >= 0.6 is 22.7 Å². The van der Waals surface area contributed by atoms with Crippen LogP contribution in [0.1, 0.15) is 54.4 Å². The lowest BCUT2D eigenvalue weighted by atomic mass is 9.96. The van der Waals surface area contributed by atoms with Gasteiger partial charge in [-0.05, 0) is 140 Å². The van der Waals surface area contributed by atoms with Gasteiger partial charge in [0.15, 0.2) is 0 Å². The van der Waals surface area contributed by atoms with Crippen LogP contribution in [0.25, 0.3) is 42.4 Å². The molecule has 72 heavy (non-hydrogen) atoms. The number of carbonyl (C=O) groups excluding carboxylic acids is 2. The Balaban J connectivity index is 0.000000178. The van der Waals surface area contributed by atoms with Gasteiger partial charge in [-0.15, -0.1) is 22.7 Å². The monoisotopic (exact) mass is 1010 g/mol. The number of rotatable bonds is 18. The Hall–Kier alpha value is -6.58. The van der Waals surface area contributed by atoms with Crippen LogP contribution < -0.4 is 9.47 Å². The molecule has 8 nitrogen and oxygen atoms in total. The molecule has 0 atom stereocenters. The highest BCUT2D eigenvalue weighted by atomic mass is 32.1. The summed E-state index contributed by atoms with van der Waals surface area (Å²) >= 11 is 2.61. The number of hydrogen-bond donors (Lipinski definition) is 2. The summed E-state index contributed by atoms with van der Waals surface area (Å²) in [6.45, 7) is 9.29. The second-order valence-electron chi connectivity index (χ2n) is 18.6. The molecule has 2 N–H and O–H groups in total. The molecule has 10 rings (SSSR count). The van der Waals surface area contributed by atoms with Gasteiger partial charge in [-0.3, -0.25) is 18.4 Å². The molecule has 0 amide bonds. The minimum atomic E-state index is -0.456. The molecule has 2 aromatic heterocycles. The number of ketones is 2. The minimum absolute atomic E-state index is 0.124. The summed E-state index contributed by atoms with van der Waals surface area (Å²) in [5, 5.41) is 21.7. The molecular formula is C58H54F4N2O6S2. The van der Waals surface area contributed by atoms with E-state index in [9.17, 15) is 37.4 Å². The zero-order chi connectivity index (χ0) is 50.5. The summed E-state index contributed by atoms with van der Waals surface area (Å²) < 4.78 is 66.1. The third-order valence-electron chi connectivity index (χ3n) is 13.2. The average Bonchev–Trinajstić information content (AvgIpc) is 3.92. The second-order valence-corrected chi connectivity index (χ2v) is 20.7. The highest BCUT2D eigenvalue weighted by molar-refractivity contribution is 7.22. The molecule has 0 bridgehead atoms. The van der Waals surface area contributed by atoms with E-state index in [2.05, 4.69) is 9.80 Å². The Morgan fingerprint density at radius 3 is 1.46 bits per heavy atom. The number of fused-ring (bicyclic) bond motifs is 2. The predicted octanol–water partition coefficient (Wildman–Crippen LogP) is 13.2. The van der Waals surface area contributed by atoms with Crippen molar-refractivity contribution in [1.29, 1.82) is 0 Å². The number of hydrogen-bond acceptors (Lipinski definition) is 10. The van der Waals surface area contributed by atoms with Crippen LogP contribution in [0.15, 0.2) is 121 Å². The minimum Gasteiger partial charge on any atom is -0.508 e. The maximum Gasteiger partial charge on any atom is 0.203 e. The van der Waals surface area contributed by atoms with E-state index >= 15 is 0 Å². The van der Waals surface area contributed by atoms with Gasteiger partial charge in [-0.1, -0.05) is 30.3 Å². The van der Waals surface area contributed by atoms with Crippen LogP contribution in [0.4, 0.5) is 17.6 Å².